The van der Waals surface area contributed by atoms with E-state index in [9.17, 15) is 4.39 Å². The summed E-state index contributed by atoms with van der Waals surface area (Å²) in [5.74, 6) is 0.838. The van der Waals surface area contributed by atoms with Gasteiger partial charge in [0.25, 0.3) is 0 Å². The first-order chi connectivity index (χ1) is 9.70. The van der Waals surface area contributed by atoms with Crippen LogP contribution in [0.25, 0.3) is 0 Å². The Morgan fingerprint density at radius 1 is 1.40 bits per heavy atom. The Balaban J connectivity index is 1.58. The SMILES string of the molecule is Fc1ccc(Cc2noc(CCNC3CC3)n2)c(Cl)c1. The van der Waals surface area contributed by atoms with Gasteiger partial charge >= 0.3 is 0 Å². The van der Waals surface area contributed by atoms with Crippen LogP contribution in [0.4, 0.5) is 4.39 Å². The number of hydrogen-bond donors (Lipinski definition) is 1. The normalized spacial score (nSPS) is 14.7. The van der Waals surface area contributed by atoms with E-state index < -0.39 is 0 Å². The van der Waals surface area contributed by atoms with Crippen molar-refractivity contribution in [2.24, 2.45) is 0 Å². The summed E-state index contributed by atoms with van der Waals surface area (Å²) < 4.78 is 18.1. The first kappa shape index (κ1) is 13.5. The fourth-order valence-electron chi connectivity index (χ4n) is 1.97. The molecule has 0 aliphatic heterocycles. The number of halogens is 2. The minimum Gasteiger partial charge on any atom is -0.339 e. The van der Waals surface area contributed by atoms with E-state index in [0.29, 0.717) is 29.2 Å². The van der Waals surface area contributed by atoms with Gasteiger partial charge < -0.3 is 9.84 Å². The molecule has 0 amide bonds. The predicted molar refractivity (Wildman–Crippen MR) is 73.2 cm³/mol. The molecule has 1 heterocycles. The molecule has 4 nitrogen and oxygen atoms in total. The van der Waals surface area contributed by atoms with Crippen LogP contribution in [0.1, 0.15) is 30.1 Å². The van der Waals surface area contributed by atoms with Crippen LogP contribution in [0.5, 0.6) is 0 Å². The Bertz CT molecular complexity index is 598. The van der Waals surface area contributed by atoms with Crippen molar-refractivity contribution < 1.29 is 8.91 Å². The second kappa shape index (κ2) is 5.89. The quantitative estimate of drug-likeness (QED) is 0.890. The highest BCUT2D eigenvalue weighted by atomic mass is 35.5. The van der Waals surface area contributed by atoms with Crippen LogP contribution in [0.2, 0.25) is 5.02 Å². The number of rotatable bonds is 6. The fourth-order valence-corrected chi connectivity index (χ4v) is 2.20. The first-order valence-electron chi connectivity index (χ1n) is 6.69. The molecule has 0 spiro atoms. The summed E-state index contributed by atoms with van der Waals surface area (Å²) in [6, 6.07) is 4.98. The van der Waals surface area contributed by atoms with Crippen molar-refractivity contribution in [1.29, 1.82) is 0 Å². The van der Waals surface area contributed by atoms with Crippen LogP contribution in [-0.2, 0) is 12.8 Å². The molecule has 1 fully saturated rings. The molecule has 0 bridgehead atoms. The van der Waals surface area contributed by atoms with Crippen molar-refractivity contribution >= 4 is 11.6 Å². The third-order valence-corrected chi connectivity index (χ3v) is 3.57. The highest BCUT2D eigenvalue weighted by Crippen LogP contribution is 2.20. The molecular formula is C14H15ClFN3O. The van der Waals surface area contributed by atoms with Crippen molar-refractivity contribution in [2.75, 3.05) is 6.54 Å². The van der Waals surface area contributed by atoms with E-state index in [1.54, 1.807) is 6.07 Å². The van der Waals surface area contributed by atoms with E-state index in [0.717, 1.165) is 18.5 Å². The lowest BCUT2D eigenvalue weighted by atomic mass is 10.1. The third kappa shape index (κ3) is 3.55. The number of nitrogens with one attached hydrogen (secondary N) is 1. The van der Waals surface area contributed by atoms with Gasteiger partial charge in [0.1, 0.15) is 5.82 Å². The molecule has 3 rings (SSSR count). The lowest BCUT2D eigenvalue weighted by molar-refractivity contribution is 0.371. The van der Waals surface area contributed by atoms with Crippen molar-refractivity contribution in [2.45, 2.75) is 31.7 Å². The van der Waals surface area contributed by atoms with Crippen molar-refractivity contribution in [3.8, 4) is 0 Å². The number of aromatic nitrogens is 2. The summed E-state index contributed by atoms with van der Waals surface area (Å²) in [7, 11) is 0. The highest BCUT2D eigenvalue weighted by molar-refractivity contribution is 6.31. The Morgan fingerprint density at radius 2 is 2.25 bits per heavy atom. The third-order valence-electron chi connectivity index (χ3n) is 3.22. The molecule has 1 aromatic carbocycles. The first-order valence-corrected chi connectivity index (χ1v) is 7.07. The van der Waals surface area contributed by atoms with Crippen LogP contribution in [0, 0.1) is 5.82 Å². The van der Waals surface area contributed by atoms with Gasteiger partial charge in [-0.15, -0.1) is 0 Å². The lowest BCUT2D eigenvalue weighted by Crippen LogP contribution is -2.19. The Hall–Kier alpha value is -1.46. The van der Waals surface area contributed by atoms with Gasteiger partial charge in [-0.05, 0) is 30.5 Å². The van der Waals surface area contributed by atoms with Gasteiger partial charge in [0.15, 0.2) is 5.82 Å². The maximum Gasteiger partial charge on any atom is 0.227 e. The molecule has 0 radical (unpaired) electrons. The largest absolute Gasteiger partial charge is 0.339 e. The van der Waals surface area contributed by atoms with Crippen LogP contribution in [0.3, 0.4) is 0 Å². The number of benzene rings is 1. The van der Waals surface area contributed by atoms with E-state index >= 15 is 0 Å². The van der Waals surface area contributed by atoms with Crippen molar-refractivity contribution in [3.05, 3.63) is 46.3 Å². The minimum atomic E-state index is -0.348. The number of nitrogens with zero attached hydrogens (tertiary/aromatic N) is 2. The molecular weight excluding hydrogens is 281 g/mol. The standard InChI is InChI=1S/C14H15ClFN3O/c15-12-8-10(16)2-1-9(12)7-13-18-14(20-19-13)5-6-17-11-3-4-11/h1-2,8,11,17H,3-7H2. The summed E-state index contributed by atoms with van der Waals surface area (Å²) >= 11 is 5.98. The molecule has 1 saturated carbocycles. The zero-order valence-electron chi connectivity index (χ0n) is 10.9. The van der Waals surface area contributed by atoms with Gasteiger partial charge in [0.2, 0.25) is 5.89 Å². The fraction of sp³-hybridized carbons (Fsp3) is 0.429. The zero-order valence-corrected chi connectivity index (χ0v) is 11.7. The Morgan fingerprint density at radius 3 is 3.00 bits per heavy atom. The topological polar surface area (TPSA) is 51.0 Å². The summed E-state index contributed by atoms with van der Waals surface area (Å²) in [6.07, 6.45) is 3.69. The van der Waals surface area contributed by atoms with Crippen LogP contribution in [-0.4, -0.2) is 22.7 Å². The summed E-state index contributed by atoms with van der Waals surface area (Å²) in [4.78, 5) is 4.32. The van der Waals surface area contributed by atoms with Gasteiger partial charge in [-0.1, -0.05) is 22.8 Å². The molecule has 6 heteroatoms. The highest BCUT2D eigenvalue weighted by Gasteiger charge is 2.20. The smallest absolute Gasteiger partial charge is 0.227 e. The van der Waals surface area contributed by atoms with Gasteiger partial charge in [0, 0.05) is 30.5 Å². The molecule has 0 saturated heterocycles. The lowest BCUT2D eigenvalue weighted by Gasteiger charge is -2.00. The predicted octanol–water partition coefficient (Wildman–Crippen LogP) is 2.75. The number of hydrogen-bond acceptors (Lipinski definition) is 4. The zero-order chi connectivity index (χ0) is 13.9. The average molecular weight is 296 g/mol. The van der Waals surface area contributed by atoms with E-state index in [2.05, 4.69) is 15.5 Å². The molecule has 1 aromatic heterocycles. The molecule has 106 valence electrons. The molecule has 1 aliphatic carbocycles. The maximum absolute atomic E-state index is 13.0. The van der Waals surface area contributed by atoms with E-state index in [-0.39, 0.29) is 5.82 Å². The molecule has 1 N–H and O–H groups in total. The van der Waals surface area contributed by atoms with Crippen molar-refractivity contribution in [3.63, 3.8) is 0 Å². The van der Waals surface area contributed by atoms with E-state index in [1.165, 1.54) is 25.0 Å². The second-order valence-corrected chi connectivity index (χ2v) is 5.40. The maximum atomic E-state index is 13.0. The minimum absolute atomic E-state index is 0.348. The summed E-state index contributed by atoms with van der Waals surface area (Å²) in [5.41, 5.74) is 0.788. The molecule has 0 atom stereocenters. The van der Waals surface area contributed by atoms with Crippen LogP contribution >= 0.6 is 11.6 Å². The molecule has 1 aliphatic rings. The summed E-state index contributed by atoms with van der Waals surface area (Å²) in [5, 5.41) is 7.69. The van der Waals surface area contributed by atoms with Crippen LogP contribution in [0.15, 0.2) is 22.7 Å². The van der Waals surface area contributed by atoms with Gasteiger partial charge in [0.05, 0.1) is 0 Å². The monoisotopic (exact) mass is 295 g/mol. The second-order valence-electron chi connectivity index (χ2n) is 5.00. The molecule has 0 unspecified atom stereocenters. The van der Waals surface area contributed by atoms with Crippen molar-refractivity contribution in [1.82, 2.24) is 15.5 Å². The molecule has 2 aromatic rings. The van der Waals surface area contributed by atoms with E-state index in [1.807, 2.05) is 0 Å². The van der Waals surface area contributed by atoms with Gasteiger partial charge in [-0.25, -0.2) is 4.39 Å². The average Bonchev–Trinajstić information content (AvgIpc) is 3.12. The molecule has 20 heavy (non-hydrogen) atoms. The Kier molecular flexibility index (Phi) is 3.98. The van der Waals surface area contributed by atoms with E-state index in [4.69, 9.17) is 16.1 Å². The summed E-state index contributed by atoms with van der Waals surface area (Å²) in [6.45, 7) is 0.851. The van der Waals surface area contributed by atoms with Gasteiger partial charge in [-0.2, -0.15) is 4.98 Å². The Labute approximate surface area is 121 Å². The van der Waals surface area contributed by atoms with Crippen LogP contribution < -0.4 is 5.32 Å². The van der Waals surface area contributed by atoms with Gasteiger partial charge in [-0.3, -0.25) is 0 Å².